The number of amides is 1. The summed E-state index contributed by atoms with van der Waals surface area (Å²) in [5.74, 6) is 0.428. The van der Waals surface area contributed by atoms with Crippen LogP contribution in [0.15, 0.2) is 22.7 Å². The maximum absolute atomic E-state index is 13.9. The van der Waals surface area contributed by atoms with Crippen LogP contribution in [0.5, 0.6) is 0 Å². The van der Waals surface area contributed by atoms with Crippen LogP contribution >= 0.6 is 0 Å². The lowest BCUT2D eigenvalue weighted by Crippen LogP contribution is -2.18. The SMILES string of the molecule is CC(=O)NCc1c[nH]c2c(Cc3nnc(C)o3)cc(F)cc12. The van der Waals surface area contributed by atoms with E-state index in [0.717, 1.165) is 22.0 Å². The van der Waals surface area contributed by atoms with Crippen molar-refractivity contribution < 1.29 is 13.6 Å². The average molecular weight is 302 g/mol. The maximum atomic E-state index is 13.9. The Morgan fingerprint density at radius 1 is 1.36 bits per heavy atom. The second-order valence-corrected chi connectivity index (χ2v) is 5.10. The van der Waals surface area contributed by atoms with Crippen LogP contribution in [0.1, 0.15) is 29.8 Å². The number of carbonyl (C=O) groups is 1. The first-order valence-corrected chi connectivity index (χ1v) is 6.84. The summed E-state index contributed by atoms with van der Waals surface area (Å²) in [7, 11) is 0. The quantitative estimate of drug-likeness (QED) is 0.774. The number of hydrogen-bond donors (Lipinski definition) is 2. The lowest BCUT2D eigenvalue weighted by Gasteiger charge is -2.04. The van der Waals surface area contributed by atoms with Gasteiger partial charge in [0.15, 0.2) is 0 Å². The average Bonchev–Trinajstić information content (AvgIpc) is 3.03. The molecule has 0 fully saturated rings. The maximum Gasteiger partial charge on any atom is 0.220 e. The van der Waals surface area contributed by atoms with Gasteiger partial charge in [-0.3, -0.25) is 4.79 Å². The van der Waals surface area contributed by atoms with E-state index < -0.39 is 0 Å². The topological polar surface area (TPSA) is 83.8 Å². The number of nitrogens with zero attached hydrogens (tertiary/aromatic N) is 2. The molecule has 0 spiro atoms. The summed E-state index contributed by atoms with van der Waals surface area (Å²) < 4.78 is 19.2. The van der Waals surface area contributed by atoms with Crippen LogP contribution in [0.4, 0.5) is 4.39 Å². The highest BCUT2D eigenvalue weighted by molar-refractivity contribution is 5.86. The number of halogens is 1. The lowest BCUT2D eigenvalue weighted by molar-refractivity contribution is -0.119. The molecule has 0 bridgehead atoms. The molecule has 0 aliphatic carbocycles. The van der Waals surface area contributed by atoms with Crippen molar-refractivity contribution in [2.24, 2.45) is 0 Å². The Morgan fingerprint density at radius 3 is 2.86 bits per heavy atom. The Morgan fingerprint density at radius 2 is 2.18 bits per heavy atom. The van der Waals surface area contributed by atoms with Crippen molar-refractivity contribution in [2.75, 3.05) is 0 Å². The van der Waals surface area contributed by atoms with E-state index in [1.807, 2.05) is 0 Å². The van der Waals surface area contributed by atoms with Crippen molar-refractivity contribution in [1.29, 1.82) is 0 Å². The van der Waals surface area contributed by atoms with Crippen molar-refractivity contribution in [2.45, 2.75) is 26.8 Å². The number of hydrogen-bond acceptors (Lipinski definition) is 4. The van der Waals surface area contributed by atoms with E-state index in [4.69, 9.17) is 4.42 Å². The number of carbonyl (C=O) groups excluding carboxylic acids is 1. The Hall–Kier alpha value is -2.70. The molecule has 3 aromatic rings. The fourth-order valence-electron chi connectivity index (χ4n) is 2.40. The van der Waals surface area contributed by atoms with Crippen LogP contribution in [0.25, 0.3) is 10.9 Å². The number of benzene rings is 1. The third-order valence-corrected chi connectivity index (χ3v) is 3.36. The fourth-order valence-corrected chi connectivity index (χ4v) is 2.40. The first kappa shape index (κ1) is 14.2. The second kappa shape index (κ2) is 5.59. The summed E-state index contributed by atoms with van der Waals surface area (Å²) in [6.07, 6.45) is 2.11. The summed E-state index contributed by atoms with van der Waals surface area (Å²) in [6.45, 7) is 3.49. The molecule has 0 radical (unpaired) electrons. The molecular formula is C15H15FN4O2. The molecule has 114 valence electrons. The van der Waals surface area contributed by atoms with Crippen LogP contribution in [-0.4, -0.2) is 21.1 Å². The van der Waals surface area contributed by atoms with E-state index in [1.165, 1.54) is 19.1 Å². The van der Waals surface area contributed by atoms with Crippen molar-refractivity contribution in [3.8, 4) is 0 Å². The normalized spacial score (nSPS) is 11.0. The Kier molecular flexibility index (Phi) is 3.62. The molecule has 1 amide bonds. The van der Waals surface area contributed by atoms with Gasteiger partial charge in [-0.15, -0.1) is 10.2 Å². The van der Waals surface area contributed by atoms with Gasteiger partial charge >= 0.3 is 0 Å². The van der Waals surface area contributed by atoms with Gasteiger partial charge in [-0.25, -0.2) is 4.39 Å². The minimum absolute atomic E-state index is 0.132. The smallest absolute Gasteiger partial charge is 0.220 e. The molecule has 1 aromatic carbocycles. The van der Waals surface area contributed by atoms with Gasteiger partial charge < -0.3 is 14.7 Å². The van der Waals surface area contributed by atoms with Gasteiger partial charge in [-0.05, 0) is 23.3 Å². The van der Waals surface area contributed by atoms with E-state index in [0.29, 0.717) is 24.7 Å². The zero-order valence-electron chi connectivity index (χ0n) is 12.2. The number of rotatable bonds is 4. The summed E-state index contributed by atoms with van der Waals surface area (Å²) in [4.78, 5) is 14.2. The highest BCUT2D eigenvalue weighted by Crippen LogP contribution is 2.25. The summed E-state index contributed by atoms with van der Waals surface area (Å²) in [5.41, 5.74) is 2.36. The van der Waals surface area contributed by atoms with Crippen LogP contribution in [0, 0.1) is 12.7 Å². The van der Waals surface area contributed by atoms with Gasteiger partial charge in [0, 0.05) is 37.5 Å². The molecule has 0 saturated heterocycles. The summed E-state index contributed by atoms with van der Waals surface area (Å²) in [6, 6.07) is 2.89. The highest BCUT2D eigenvalue weighted by Gasteiger charge is 2.13. The molecule has 2 heterocycles. The molecular weight excluding hydrogens is 287 g/mol. The monoisotopic (exact) mass is 302 g/mol. The Balaban J connectivity index is 1.98. The molecule has 6 nitrogen and oxygen atoms in total. The van der Waals surface area contributed by atoms with E-state index >= 15 is 0 Å². The number of aromatic amines is 1. The molecule has 7 heteroatoms. The van der Waals surface area contributed by atoms with Gasteiger partial charge in [0.25, 0.3) is 0 Å². The Bertz CT molecular complexity index is 837. The number of aryl methyl sites for hydroxylation is 1. The van der Waals surface area contributed by atoms with Gasteiger partial charge in [-0.2, -0.15) is 0 Å². The molecule has 0 unspecified atom stereocenters. The minimum Gasteiger partial charge on any atom is -0.425 e. The van der Waals surface area contributed by atoms with Gasteiger partial charge in [0.1, 0.15) is 5.82 Å². The van der Waals surface area contributed by atoms with E-state index in [2.05, 4.69) is 20.5 Å². The van der Waals surface area contributed by atoms with Gasteiger partial charge in [0.05, 0.1) is 6.42 Å². The third-order valence-electron chi connectivity index (χ3n) is 3.36. The number of fused-ring (bicyclic) bond motifs is 1. The molecule has 3 rings (SSSR count). The number of H-pyrrole nitrogens is 1. The molecule has 0 saturated carbocycles. The van der Waals surface area contributed by atoms with Crippen molar-refractivity contribution in [1.82, 2.24) is 20.5 Å². The van der Waals surface area contributed by atoms with E-state index in [-0.39, 0.29) is 11.7 Å². The first-order valence-electron chi connectivity index (χ1n) is 6.84. The van der Waals surface area contributed by atoms with Gasteiger partial charge in [0.2, 0.25) is 17.7 Å². The van der Waals surface area contributed by atoms with Gasteiger partial charge in [-0.1, -0.05) is 0 Å². The third kappa shape index (κ3) is 2.83. The van der Waals surface area contributed by atoms with Crippen molar-refractivity contribution in [3.05, 3.63) is 47.1 Å². The second-order valence-electron chi connectivity index (χ2n) is 5.10. The highest BCUT2D eigenvalue weighted by atomic mass is 19.1. The standard InChI is InChI=1S/C15H15FN4O2/c1-8(21)17-6-11-7-18-15-10(3-12(16)5-13(11)15)4-14-20-19-9(2)22-14/h3,5,7,18H,4,6H2,1-2H3,(H,17,21). The molecule has 0 atom stereocenters. The fraction of sp³-hybridized carbons (Fsp3) is 0.267. The molecule has 0 aliphatic rings. The summed E-state index contributed by atoms with van der Waals surface area (Å²) >= 11 is 0. The van der Waals surface area contributed by atoms with Crippen LogP contribution < -0.4 is 5.32 Å². The predicted molar refractivity (Wildman–Crippen MR) is 77.6 cm³/mol. The zero-order valence-corrected chi connectivity index (χ0v) is 12.2. The minimum atomic E-state index is -0.345. The van der Waals surface area contributed by atoms with Crippen LogP contribution in [0.3, 0.4) is 0 Å². The van der Waals surface area contributed by atoms with E-state index in [9.17, 15) is 9.18 Å². The lowest BCUT2D eigenvalue weighted by atomic mass is 10.1. The number of nitrogens with one attached hydrogen (secondary N) is 2. The number of aromatic nitrogens is 3. The van der Waals surface area contributed by atoms with Crippen molar-refractivity contribution in [3.63, 3.8) is 0 Å². The van der Waals surface area contributed by atoms with Crippen LogP contribution in [0.2, 0.25) is 0 Å². The molecule has 2 aromatic heterocycles. The van der Waals surface area contributed by atoms with Crippen LogP contribution in [-0.2, 0) is 17.8 Å². The van der Waals surface area contributed by atoms with E-state index in [1.54, 1.807) is 13.1 Å². The zero-order chi connectivity index (χ0) is 15.7. The first-order chi connectivity index (χ1) is 10.5. The largest absolute Gasteiger partial charge is 0.425 e. The van der Waals surface area contributed by atoms with Crippen molar-refractivity contribution >= 4 is 16.8 Å². The molecule has 0 aliphatic heterocycles. The Labute approximate surface area is 125 Å². The molecule has 2 N–H and O–H groups in total. The predicted octanol–water partition coefficient (Wildman–Crippen LogP) is 2.23. The summed E-state index contributed by atoms with van der Waals surface area (Å²) in [5, 5.41) is 11.2. The molecule has 22 heavy (non-hydrogen) atoms.